The Kier molecular flexibility index (Phi) is 4.18. The molecule has 0 N–H and O–H groups in total. The summed E-state index contributed by atoms with van der Waals surface area (Å²) in [5.74, 6) is 0.294. The van der Waals surface area contributed by atoms with Gasteiger partial charge in [0, 0.05) is 10.7 Å². The van der Waals surface area contributed by atoms with Gasteiger partial charge in [0.2, 0.25) is 0 Å². The van der Waals surface area contributed by atoms with Gasteiger partial charge in [0.15, 0.2) is 5.65 Å². The van der Waals surface area contributed by atoms with Crippen molar-refractivity contribution in [2.24, 2.45) is 0 Å². The molecule has 0 aliphatic rings. The molecule has 5 heteroatoms. The molecule has 0 amide bonds. The maximum atomic E-state index is 9.11. The maximum absolute atomic E-state index is 9.11. The average molecular weight is 369 g/mol. The first kappa shape index (κ1) is 15.7. The largest absolute Gasteiger partial charge is 0.236 e. The van der Waals surface area contributed by atoms with Crippen molar-refractivity contribution in [3.05, 3.63) is 51.8 Å². The van der Waals surface area contributed by atoms with Crippen LogP contribution in [0.5, 0.6) is 0 Å². The fraction of sp³-hybridized carbons (Fsp3) is 0.278. The van der Waals surface area contributed by atoms with Crippen LogP contribution < -0.4 is 0 Å². The van der Waals surface area contributed by atoms with Crippen LogP contribution in [-0.2, 0) is 6.42 Å². The molecular weight excluding hydrogens is 352 g/mol. The Morgan fingerprint density at radius 1 is 1.30 bits per heavy atom. The Morgan fingerprint density at radius 3 is 2.74 bits per heavy atom. The minimum Gasteiger partial charge on any atom is -0.236 e. The van der Waals surface area contributed by atoms with Crippen LogP contribution in [0.1, 0.15) is 43.5 Å². The number of fused-ring (bicyclic) bond motifs is 1. The topological polar surface area (TPSA) is 54.5 Å². The maximum Gasteiger partial charge on any atom is 0.164 e. The smallest absolute Gasteiger partial charge is 0.164 e. The third kappa shape index (κ3) is 2.64. The molecule has 23 heavy (non-hydrogen) atoms. The Balaban J connectivity index is 2.34. The number of hydrogen-bond donors (Lipinski definition) is 0. The molecule has 2 heterocycles. The molecule has 0 radical (unpaired) electrons. The number of pyridine rings is 1. The minimum absolute atomic E-state index is 0.294. The first-order chi connectivity index (χ1) is 11.1. The van der Waals surface area contributed by atoms with Crippen LogP contribution >= 0.6 is 15.9 Å². The van der Waals surface area contributed by atoms with Crippen LogP contribution in [0.3, 0.4) is 0 Å². The Bertz CT molecular complexity index is 919. The summed E-state index contributed by atoms with van der Waals surface area (Å²) in [7, 11) is 0. The van der Waals surface area contributed by atoms with Gasteiger partial charge in [-0.1, -0.05) is 20.8 Å². The lowest BCUT2D eigenvalue weighted by atomic mass is 10.1. The Labute approximate surface area is 143 Å². The Morgan fingerprint density at radius 2 is 2.09 bits per heavy atom. The molecule has 0 bridgehead atoms. The quantitative estimate of drug-likeness (QED) is 0.670. The summed E-state index contributed by atoms with van der Waals surface area (Å²) in [6.07, 6.45) is 2.61. The van der Waals surface area contributed by atoms with Gasteiger partial charge in [0.05, 0.1) is 28.4 Å². The second-order valence-corrected chi connectivity index (χ2v) is 6.61. The summed E-state index contributed by atoms with van der Waals surface area (Å²) in [6, 6.07) is 9.85. The van der Waals surface area contributed by atoms with E-state index >= 15 is 0 Å². The molecular formula is C18H17BrN4. The van der Waals surface area contributed by atoms with E-state index in [1.54, 1.807) is 6.20 Å². The van der Waals surface area contributed by atoms with Gasteiger partial charge in [0.25, 0.3) is 0 Å². The SMILES string of the molecule is CCc1cc(C#N)ccc1-n1nc(C(C)C)c2c(Br)ccnc21. The molecule has 0 aliphatic heterocycles. The van der Waals surface area contributed by atoms with E-state index in [4.69, 9.17) is 10.4 Å². The first-order valence-corrected chi connectivity index (χ1v) is 8.42. The van der Waals surface area contributed by atoms with Crippen molar-refractivity contribution in [3.63, 3.8) is 0 Å². The third-order valence-electron chi connectivity index (χ3n) is 3.91. The normalized spacial score (nSPS) is 11.1. The van der Waals surface area contributed by atoms with Crippen molar-refractivity contribution in [1.82, 2.24) is 14.8 Å². The van der Waals surface area contributed by atoms with E-state index in [2.05, 4.69) is 47.8 Å². The molecule has 4 nitrogen and oxygen atoms in total. The number of rotatable bonds is 3. The highest BCUT2D eigenvalue weighted by Gasteiger charge is 2.19. The van der Waals surface area contributed by atoms with Crippen LogP contribution in [-0.4, -0.2) is 14.8 Å². The molecule has 2 aromatic heterocycles. The van der Waals surface area contributed by atoms with Crippen LogP contribution in [0.4, 0.5) is 0 Å². The van der Waals surface area contributed by atoms with Gasteiger partial charge in [-0.2, -0.15) is 10.4 Å². The molecule has 0 spiro atoms. The highest BCUT2D eigenvalue weighted by molar-refractivity contribution is 9.10. The highest BCUT2D eigenvalue weighted by Crippen LogP contribution is 2.32. The van der Waals surface area contributed by atoms with Gasteiger partial charge in [-0.05, 0) is 58.1 Å². The lowest BCUT2D eigenvalue weighted by molar-refractivity contribution is 0.772. The van der Waals surface area contributed by atoms with E-state index in [1.807, 2.05) is 28.9 Å². The van der Waals surface area contributed by atoms with E-state index in [0.29, 0.717) is 11.5 Å². The van der Waals surface area contributed by atoms with Crippen molar-refractivity contribution in [2.45, 2.75) is 33.1 Å². The molecule has 1 aromatic carbocycles. The van der Waals surface area contributed by atoms with E-state index in [-0.39, 0.29) is 0 Å². The highest BCUT2D eigenvalue weighted by atomic mass is 79.9. The van der Waals surface area contributed by atoms with Gasteiger partial charge >= 0.3 is 0 Å². The third-order valence-corrected chi connectivity index (χ3v) is 4.57. The number of benzene rings is 1. The molecule has 0 saturated carbocycles. The molecule has 0 aliphatic carbocycles. The van der Waals surface area contributed by atoms with Gasteiger partial charge in [-0.25, -0.2) is 9.67 Å². The number of hydrogen-bond acceptors (Lipinski definition) is 3. The fourth-order valence-corrected chi connectivity index (χ4v) is 3.25. The summed E-state index contributed by atoms with van der Waals surface area (Å²) >= 11 is 3.62. The summed E-state index contributed by atoms with van der Waals surface area (Å²) in [4.78, 5) is 4.54. The van der Waals surface area contributed by atoms with Gasteiger partial charge < -0.3 is 0 Å². The summed E-state index contributed by atoms with van der Waals surface area (Å²) in [5.41, 5.74) is 4.59. The number of halogens is 1. The predicted molar refractivity (Wildman–Crippen MR) is 94.7 cm³/mol. The lowest BCUT2D eigenvalue weighted by Gasteiger charge is -2.09. The zero-order valence-corrected chi connectivity index (χ0v) is 14.9. The van der Waals surface area contributed by atoms with Crippen LogP contribution in [0, 0.1) is 11.3 Å². The summed E-state index contributed by atoms with van der Waals surface area (Å²) in [5, 5.41) is 15.0. The van der Waals surface area contributed by atoms with Crippen molar-refractivity contribution in [1.29, 1.82) is 5.26 Å². The standard InChI is InChI=1S/C18H17BrN4/c1-4-13-9-12(10-20)5-6-15(13)23-18-16(14(19)7-8-21-18)17(22-23)11(2)3/h5-9,11H,4H2,1-3H3. The van der Waals surface area contributed by atoms with Crippen molar-refractivity contribution < 1.29 is 0 Å². The average Bonchev–Trinajstić information content (AvgIpc) is 2.95. The number of aryl methyl sites for hydroxylation is 1. The van der Waals surface area contributed by atoms with Crippen molar-refractivity contribution in [2.75, 3.05) is 0 Å². The van der Waals surface area contributed by atoms with Gasteiger partial charge in [-0.15, -0.1) is 0 Å². The van der Waals surface area contributed by atoms with Crippen LogP contribution in [0.15, 0.2) is 34.9 Å². The second kappa shape index (κ2) is 6.13. The molecule has 3 aromatic rings. The summed E-state index contributed by atoms with van der Waals surface area (Å²) in [6.45, 7) is 6.34. The van der Waals surface area contributed by atoms with E-state index in [0.717, 1.165) is 38.9 Å². The van der Waals surface area contributed by atoms with Crippen LogP contribution in [0.25, 0.3) is 16.7 Å². The minimum atomic E-state index is 0.294. The number of nitrogens with zero attached hydrogens (tertiary/aromatic N) is 4. The van der Waals surface area contributed by atoms with Crippen molar-refractivity contribution >= 4 is 27.0 Å². The van der Waals surface area contributed by atoms with Crippen molar-refractivity contribution in [3.8, 4) is 11.8 Å². The van der Waals surface area contributed by atoms with E-state index in [1.165, 1.54) is 0 Å². The number of nitriles is 1. The molecule has 3 rings (SSSR count). The second-order valence-electron chi connectivity index (χ2n) is 5.75. The molecule has 0 atom stereocenters. The molecule has 0 unspecified atom stereocenters. The van der Waals surface area contributed by atoms with Gasteiger partial charge in [-0.3, -0.25) is 0 Å². The molecule has 0 saturated heterocycles. The molecule has 116 valence electrons. The molecule has 0 fully saturated rings. The van der Waals surface area contributed by atoms with E-state index < -0.39 is 0 Å². The lowest BCUT2D eigenvalue weighted by Crippen LogP contribution is -2.03. The zero-order valence-electron chi connectivity index (χ0n) is 13.3. The van der Waals surface area contributed by atoms with E-state index in [9.17, 15) is 0 Å². The number of aromatic nitrogens is 3. The van der Waals surface area contributed by atoms with Gasteiger partial charge in [0.1, 0.15) is 0 Å². The summed E-state index contributed by atoms with van der Waals surface area (Å²) < 4.78 is 2.90. The predicted octanol–water partition coefficient (Wildman–Crippen LogP) is 4.74. The Hall–Kier alpha value is -2.19. The van der Waals surface area contributed by atoms with Crippen LogP contribution in [0.2, 0.25) is 0 Å². The monoisotopic (exact) mass is 368 g/mol. The zero-order chi connectivity index (χ0) is 16.6. The fourth-order valence-electron chi connectivity index (χ4n) is 2.75. The first-order valence-electron chi connectivity index (χ1n) is 7.63.